The third-order valence-electron chi connectivity index (χ3n) is 3.97. The molecule has 0 aliphatic heterocycles. The third kappa shape index (κ3) is 4.53. The van der Waals surface area contributed by atoms with Gasteiger partial charge >= 0.3 is 0 Å². The highest BCUT2D eigenvalue weighted by Crippen LogP contribution is 2.28. The van der Waals surface area contributed by atoms with Gasteiger partial charge in [-0.2, -0.15) is 0 Å². The first kappa shape index (κ1) is 18.2. The van der Waals surface area contributed by atoms with Crippen molar-refractivity contribution in [2.45, 2.75) is 26.3 Å². The summed E-state index contributed by atoms with van der Waals surface area (Å²) in [6.07, 6.45) is 4.20. The lowest BCUT2D eigenvalue weighted by Crippen LogP contribution is -2.36. The smallest absolute Gasteiger partial charge is 0.243 e. The zero-order valence-electron chi connectivity index (χ0n) is 14.8. The van der Waals surface area contributed by atoms with E-state index in [1.54, 1.807) is 12.4 Å². The first-order valence-electron chi connectivity index (χ1n) is 8.55. The predicted octanol–water partition coefficient (Wildman–Crippen LogP) is 4.18. The topological polar surface area (TPSA) is 80.9 Å². The molecule has 1 amide bonds. The number of aromatic nitrogens is 2. The van der Waals surface area contributed by atoms with Crippen molar-refractivity contribution in [3.63, 3.8) is 0 Å². The minimum absolute atomic E-state index is 0.190. The molecule has 3 rings (SSSR count). The molecule has 5 nitrogen and oxygen atoms in total. The lowest BCUT2D eigenvalue weighted by atomic mass is 10.0. The molecule has 0 bridgehead atoms. The molecule has 0 radical (unpaired) electrons. The average Bonchev–Trinajstić information content (AvgIpc) is 3.10. The Morgan fingerprint density at radius 3 is 2.62 bits per heavy atom. The van der Waals surface area contributed by atoms with Crippen LogP contribution in [0.1, 0.15) is 20.3 Å². The Morgan fingerprint density at radius 1 is 1.15 bits per heavy atom. The molecule has 3 aromatic rings. The third-order valence-corrected chi connectivity index (χ3v) is 4.73. The van der Waals surface area contributed by atoms with Gasteiger partial charge in [0.15, 0.2) is 5.13 Å². The second-order valence-electron chi connectivity index (χ2n) is 6.58. The minimum Gasteiger partial charge on any atom is -0.320 e. The van der Waals surface area contributed by atoms with Crippen LogP contribution in [-0.4, -0.2) is 21.9 Å². The van der Waals surface area contributed by atoms with Crippen LogP contribution in [0.5, 0.6) is 0 Å². The first-order chi connectivity index (χ1) is 12.5. The molecule has 0 aliphatic rings. The summed E-state index contributed by atoms with van der Waals surface area (Å²) in [7, 11) is 0. The van der Waals surface area contributed by atoms with Crippen molar-refractivity contribution >= 4 is 22.4 Å². The van der Waals surface area contributed by atoms with E-state index in [1.165, 1.54) is 11.3 Å². The van der Waals surface area contributed by atoms with E-state index in [0.29, 0.717) is 17.5 Å². The van der Waals surface area contributed by atoms with E-state index in [2.05, 4.69) is 27.4 Å². The summed E-state index contributed by atoms with van der Waals surface area (Å²) in [6.45, 7) is 4.09. The van der Waals surface area contributed by atoms with Gasteiger partial charge in [-0.05, 0) is 41.7 Å². The van der Waals surface area contributed by atoms with Crippen LogP contribution in [0, 0.1) is 5.92 Å². The van der Waals surface area contributed by atoms with Gasteiger partial charge in [0.2, 0.25) is 5.91 Å². The number of pyridine rings is 1. The summed E-state index contributed by atoms with van der Waals surface area (Å²) >= 11 is 1.40. The van der Waals surface area contributed by atoms with Crippen molar-refractivity contribution in [1.29, 1.82) is 0 Å². The van der Waals surface area contributed by atoms with Crippen LogP contribution >= 0.6 is 11.3 Å². The fraction of sp³-hybridized carbons (Fsp3) is 0.250. The monoisotopic (exact) mass is 366 g/mol. The maximum atomic E-state index is 12.2. The zero-order chi connectivity index (χ0) is 18.5. The molecule has 0 fully saturated rings. The summed E-state index contributed by atoms with van der Waals surface area (Å²) in [5.74, 6) is 0.184. The fourth-order valence-corrected chi connectivity index (χ4v) is 3.40. The molecule has 1 atom stereocenters. The maximum absolute atomic E-state index is 12.2. The van der Waals surface area contributed by atoms with E-state index in [-0.39, 0.29) is 5.91 Å². The van der Waals surface area contributed by atoms with Gasteiger partial charge in [-0.15, -0.1) is 11.3 Å². The molecule has 0 saturated heterocycles. The maximum Gasteiger partial charge on any atom is 0.243 e. The van der Waals surface area contributed by atoms with Gasteiger partial charge < -0.3 is 11.1 Å². The number of rotatable bonds is 6. The molecule has 134 valence electrons. The van der Waals surface area contributed by atoms with Crippen molar-refractivity contribution in [3.8, 4) is 22.4 Å². The van der Waals surface area contributed by atoms with Crippen LogP contribution in [0.3, 0.4) is 0 Å². The molecule has 0 aliphatic carbocycles. The molecule has 0 unspecified atom stereocenters. The number of nitrogens with zero attached hydrogens (tertiary/aromatic N) is 2. The fourth-order valence-electron chi connectivity index (χ4n) is 2.68. The average molecular weight is 366 g/mol. The van der Waals surface area contributed by atoms with E-state index in [1.807, 2.05) is 43.5 Å². The van der Waals surface area contributed by atoms with Crippen molar-refractivity contribution in [2.24, 2.45) is 11.7 Å². The standard InChI is InChI=1S/C20H22N4OS/c1-13(2)10-17(21)19(25)24-20-23-18(12-26-20)16-5-3-4-15(11-16)14-6-8-22-9-7-14/h3-9,11-13,17H,10,21H2,1-2H3,(H,23,24,25)/t17-/m0/s1. The van der Waals surface area contributed by atoms with Crippen molar-refractivity contribution in [3.05, 3.63) is 54.2 Å². The van der Waals surface area contributed by atoms with Crippen LogP contribution in [0.4, 0.5) is 5.13 Å². The molecular weight excluding hydrogens is 344 g/mol. The number of thiazole rings is 1. The van der Waals surface area contributed by atoms with Crippen LogP contribution < -0.4 is 11.1 Å². The Balaban J connectivity index is 1.75. The Kier molecular flexibility index (Phi) is 5.75. The van der Waals surface area contributed by atoms with Crippen LogP contribution in [0.25, 0.3) is 22.4 Å². The quantitative estimate of drug-likeness (QED) is 0.685. The number of carbonyl (C=O) groups excluding carboxylic acids is 1. The van der Waals surface area contributed by atoms with Crippen molar-refractivity contribution < 1.29 is 4.79 Å². The normalized spacial score (nSPS) is 12.2. The molecule has 0 saturated carbocycles. The van der Waals surface area contributed by atoms with Gasteiger partial charge in [0.05, 0.1) is 11.7 Å². The van der Waals surface area contributed by atoms with Crippen LogP contribution in [-0.2, 0) is 4.79 Å². The van der Waals surface area contributed by atoms with E-state index in [0.717, 1.165) is 22.4 Å². The van der Waals surface area contributed by atoms with Gasteiger partial charge in [-0.25, -0.2) is 4.98 Å². The summed E-state index contributed by atoms with van der Waals surface area (Å²) in [5.41, 5.74) is 9.96. The highest BCUT2D eigenvalue weighted by Gasteiger charge is 2.16. The van der Waals surface area contributed by atoms with Crippen molar-refractivity contribution in [1.82, 2.24) is 9.97 Å². The second-order valence-corrected chi connectivity index (χ2v) is 7.44. The van der Waals surface area contributed by atoms with E-state index < -0.39 is 6.04 Å². The van der Waals surface area contributed by atoms with Gasteiger partial charge in [-0.3, -0.25) is 9.78 Å². The number of nitrogens with two attached hydrogens (primary N) is 1. The molecular formula is C20H22N4OS. The number of benzene rings is 1. The van der Waals surface area contributed by atoms with E-state index >= 15 is 0 Å². The van der Waals surface area contributed by atoms with E-state index in [4.69, 9.17) is 5.73 Å². The Labute approximate surface area is 157 Å². The number of nitrogens with one attached hydrogen (secondary N) is 1. The lowest BCUT2D eigenvalue weighted by Gasteiger charge is -2.12. The minimum atomic E-state index is -0.516. The molecule has 0 spiro atoms. The summed E-state index contributed by atoms with van der Waals surface area (Å²) in [5, 5.41) is 5.33. The summed E-state index contributed by atoms with van der Waals surface area (Å²) < 4.78 is 0. The van der Waals surface area contributed by atoms with Gasteiger partial charge in [0, 0.05) is 23.3 Å². The van der Waals surface area contributed by atoms with E-state index in [9.17, 15) is 4.79 Å². The summed E-state index contributed by atoms with van der Waals surface area (Å²) in [4.78, 5) is 20.7. The molecule has 26 heavy (non-hydrogen) atoms. The number of anilines is 1. The molecule has 2 aromatic heterocycles. The highest BCUT2D eigenvalue weighted by atomic mass is 32.1. The van der Waals surface area contributed by atoms with Gasteiger partial charge in [0.25, 0.3) is 0 Å². The molecule has 2 heterocycles. The molecule has 3 N–H and O–H groups in total. The van der Waals surface area contributed by atoms with Gasteiger partial charge in [-0.1, -0.05) is 32.0 Å². The number of amides is 1. The van der Waals surface area contributed by atoms with Gasteiger partial charge in [0.1, 0.15) is 0 Å². The Bertz CT molecular complexity index is 876. The Morgan fingerprint density at radius 2 is 1.88 bits per heavy atom. The lowest BCUT2D eigenvalue weighted by molar-refractivity contribution is -0.117. The molecule has 1 aromatic carbocycles. The number of carbonyl (C=O) groups is 1. The largest absolute Gasteiger partial charge is 0.320 e. The highest BCUT2D eigenvalue weighted by molar-refractivity contribution is 7.14. The van der Waals surface area contributed by atoms with Crippen LogP contribution in [0.2, 0.25) is 0 Å². The number of hydrogen-bond donors (Lipinski definition) is 2. The Hall–Kier alpha value is -2.57. The van der Waals surface area contributed by atoms with Crippen molar-refractivity contribution in [2.75, 3.05) is 5.32 Å². The predicted molar refractivity (Wildman–Crippen MR) is 107 cm³/mol. The number of hydrogen-bond acceptors (Lipinski definition) is 5. The first-order valence-corrected chi connectivity index (χ1v) is 9.43. The SMILES string of the molecule is CC(C)C[C@H](N)C(=O)Nc1nc(-c2cccc(-c3ccncc3)c2)cs1. The molecule has 6 heteroatoms. The second kappa shape index (κ2) is 8.21. The summed E-state index contributed by atoms with van der Waals surface area (Å²) in [6, 6.07) is 11.6. The zero-order valence-corrected chi connectivity index (χ0v) is 15.7. The van der Waals surface area contributed by atoms with Crippen LogP contribution in [0.15, 0.2) is 54.2 Å².